The summed E-state index contributed by atoms with van der Waals surface area (Å²) in [5, 5.41) is 15.9. The fraction of sp³-hybridized carbons (Fsp3) is 0.0968. The van der Waals surface area contributed by atoms with Crippen molar-refractivity contribution in [2.45, 2.75) is 37.5 Å². The number of hydrogen-bond acceptors (Lipinski definition) is 5. The number of nitrogens with zero attached hydrogens (tertiary/aromatic N) is 4. The zero-order valence-corrected chi connectivity index (χ0v) is 37.1. The lowest BCUT2D eigenvalue weighted by Crippen LogP contribution is -2.28. The van der Waals surface area contributed by atoms with Gasteiger partial charge < -0.3 is 18.6 Å². The van der Waals surface area contributed by atoms with Crippen LogP contribution < -0.4 is 9.80 Å². The minimum Gasteiger partial charge on any atom is -0.454 e. The van der Waals surface area contributed by atoms with Gasteiger partial charge in [-0.05, 0) is 119 Å². The van der Waals surface area contributed by atoms with Gasteiger partial charge in [0.15, 0.2) is 11.2 Å². The maximum absolute atomic E-state index is 11.9. The van der Waals surface area contributed by atoms with Crippen molar-refractivity contribution < 1.29 is 8.83 Å². The van der Waals surface area contributed by atoms with Crippen molar-refractivity contribution in [1.82, 2.24) is 0 Å². The average Bonchev–Trinajstić information content (AvgIpc) is 4.00. The lowest BCUT2D eigenvalue weighted by atomic mass is 9.65. The van der Waals surface area contributed by atoms with Gasteiger partial charge >= 0.3 is 0 Å². The Kier molecular flexibility index (Phi) is 9.27. The highest BCUT2D eigenvalue weighted by atomic mass is 16.3. The van der Waals surface area contributed by atoms with Gasteiger partial charge in [-0.2, -0.15) is 5.26 Å². The predicted octanol–water partition coefficient (Wildman–Crippen LogP) is 17.9. The quantitative estimate of drug-likeness (QED) is 0.142. The minimum atomic E-state index is 0.154. The summed E-state index contributed by atoms with van der Waals surface area (Å²) in [6.07, 6.45) is 3.97. The van der Waals surface area contributed by atoms with Crippen molar-refractivity contribution in [3.8, 4) is 28.3 Å². The summed E-state index contributed by atoms with van der Waals surface area (Å²) in [6.45, 7) is 9.26. The molecule has 3 aliphatic carbocycles. The van der Waals surface area contributed by atoms with Crippen molar-refractivity contribution in [3.63, 3.8) is 0 Å². The van der Waals surface area contributed by atoms with Crippen molar-refractivity contribution in [2.75, 3.05) is 9.80 Å². The summed E-state index contributed by atoms with van der Waals surface area (Å²) in [4.78, 5) is 8.94. The fourth-order valence-electron chi connectivity index (χ4n) is 11.4. The van der Waals surface area contributed by atoms with E-state index in [1.54, 1.807) is 0 Å². The van der Waals surface area contributed by atoms with E-state index in [2.05, 4.69) is 166 Å². The third-order valence-corrected chi connectivity index (χ3v) is 14.4. The van der Waals surface area contributed by atoms with Crippen LogP contribution in [0.5, 0.6) is 0 Å². The first kappa shape index (κ1) is 39.5. The average molecular weight is 875 g/mol. The van der Waals surface area contributed by atoms with Gasteiger partial charge in [-0.25, -0.2) is 4.85 Å². The van der Waals surface area contributed by atoms with Gasteiger partial charge in [0.1, 0.15) is 11.2 Å². The topological polar surface area (TPSA) is 60.9 Å². The third kappa shape index (κ3) is 6.15. The van der Waals surface area contributed by atoms with Crippen molar-refractivity contribution >= 4 is 83.7 Å². The van der Waals surface area contributed by atoms with E-state index in [4.69, 9.17) is 8.83 Å². The Morgan fingerprint density at radius 3 is 1.29 bits per heavy atom. The van der Waals surface area contributed by atoms with E-state index in [-0.39, 0.29) is 11.8 Å². The zero-order chi connectivity index (χ0) is 45.3. The van der Waals surface area contributed by atoms with Crippen LogP contribution in [0.25, 0.3) is 71.0 Å². The maximum Gasteiger partial charge on any atom is 0.230 e. The number of benzene rings is 9. The van der Waals surface area contributed by atoms with Crippen LogP contribution in [0.2, 0.25) is 0 Å². The van der Waals surface area contributed by atoms with Gasteiger partial charge in [0, 0.05) is 32.9 Å². The van der Waals surface area contributed by atoms with E-state index in [0.717, 1.165) is 137 Å². The van der Waals surface area contributed by atoms with E-state index in [9.17, 15) is 11.8 Å². The summed E-state index contributed by atoms with van der Waals surface area (Å²) >= 11 is 0. The first-order valence-electron chi connectivity index (χ1n) is 23.4. The third-order valence-electron chi connectivity index (χ3n) is 14.4. The largest absolute Gasteiger partial charge is 0.454 e. The van der Waals surface area contributed by atoms with Crippen LogP contribution in [-0.4, -0.2) is 0 Å². The zero-order valence-electron chi connectivity index (χ0n) is 37.1. The highest BCUT2D eigenvalue weighted by Crippen LogP contribution is 2.63. The van der Waals surface area contributed by atoms with E-state index < -0.39 is 0 Å². The molecule has 0 aliphatic heterocycles. The molecule has 14 rings (SSSR count). The van der Waals surface area contributed by atoms with Crippen LogP contribution in [-0.2, 0) is 0 Å². The number of furan rings is 2. The van der Waals surface area contributed by atoms with Crippen LogP contribution in [0.15, 0.2) is 203 Å². The van der Waals surface area contributed by atoms with Gasteiger partial charge in [0.25, 0.3) is 0 Å². The molecule has 1 fully saturated rings. The number of nitriles is 1. The van der Waals surface area contributed by atoms with E-state index in [1.807, 2.05) is 48.5 Å². The van der Waals surface area contributed by atoms with Crippen LogP contribution in [0.1, 0.15) is 54.2 Å². The Morgan fingerprint density at radius 1 is 0.441 bits per heavy atom. The number of para-hydroxylation sites is 4. The molecule has 11 aromatic rings. The van der Waals surface area contributed by atoms with Crippen LogP contribution in [0.3, 0.4) is 0 Å². The molecule has 0 unspecified atom stereocenters. The molecule has 9 aromatic carbocycles. The smallest absolute Gasteiger partial charge is 0.230 e. The molecule has 0 atom stereocenters. The first-order valence-corrected chi connectivity index (χ1v) is 23.4. The lowest BCUT2D eigenvalue weighted by molar-refractivity contribution is 0.360. The Hall–Kier alpha value is -8.84. The molecule has 2 bridgehead atoms. The van der Waals surface area contributed by atoms with Gasteiger partial charge in [0.2, 0.25) is 5.69 Å². The molecular weight excluding hydrogens is 833 g/mol. The Morgan fingerprint density at radius 2 is 0.838 bits per heavy atom. The SMILES string of the molecule is [C-]#[N+]c1c(C#N)c(N(c2ccc(-c3ccccc3)cc2)c2cccc3c2oc2ccccc23)c2c(c1N(c1ccc(-c3ccccc3)cc1)c1cccc3c1oc1ccccc13)C1CCC2CC1. The molecule has 322 valence electrons. The first-order chi connectivity index (χ1) is 33.7. The molecule has 6 heteroatoms. The van der Waals surface area contributed by atoms with Crippen molar-refractivity contribution in [1.29, 1.82) is 5.26 Å². The van der Waals surface area contributed by atoms with Crippen LogP contribution in [0.4, 0.5) is 39.8 Å². The van der Waals surface area contributed by atoms with E-state index in [1.165, 1.54) is 0 Å². The Labute approximate surface area is 394 Å². The Bertz CT molecular complexity index is 3580. The summed E-state index contributed by atoms with van der Waals surface area (Å²) in [6, 6.07) is 69.5. The number of rotatable bonds is 8. The second-order valence-electron chi connectivity index (χ2n) is 18.0. The molecular formula is C62H42N4O2. The molecule has 0 radical (unpaired) electrons. The van der Waals surface area contributed by atoms with E-state index in [0.29, 0.717) is 11.3 Å². The second-order valence-corrected chi connectivity index (χ2v) is 18.0. The van der Waals surface area contributed by atoms with Gasteiger partial charge in [0.05, 0.1) is 41.0 Å². The van der Waals surface area contributed by atoms with Crippen molar-refractivity contribution in [3.05, 3.63) is 222 Å². The van der Waals surface area contributed by atoms with E-state index >= 15 is 0 Å². The van der Waals surface area contributed by atoms with Crippen molar-refractivity contribution in [2.24, 2.45) is 0 Å². The normalized spacial score (nSPS) is 15.1. The second kappa shape index (κ2) is 15.9. The number of anilines is 6. The molecule has 0 saturated heterocycles. The molecule has 3 aliphatic rings. The van der Waals surface area contributed by atoms with Gasteiger partial charge in [-0.3, -0.25) is 0 Å². The molecule has 6 nitrogen and oxygen atoms in total. The number of hydrogen-bond donors (Lipinski definition) is 0. The summed E-state index contributed by atoms with van der Waals surface area (Å²) < 4.78 is 13.6. The molecule has 0 spiro atoms. The predicted molar refractivity (Wildman–Crippen MR) is 276 cm³/mol. The lowest BCUT2D eigenvalue weighted by Gasteiger charge is -2.45. The molecule has 1 saturated carbocycles. The molecule has 0 N–H and O–H groups in total. The molecule has 2 aromatic heterocycles. The number of fused-ring (bicyclic) bond motifs is 8. The summed E-state index contributed by atoms with van der Waals surface area (Å²) in [5.41, 5.74) is 15.3. The monoisotopic (exact) mass is 874 g/mol. The summed E-state index contributed by atoms with van der Waals surface area (Å²) in [5.74, 6) is 0.308. The Balaban J connectivity index is 1.12. The van der Waals surface area contributed by atoms with Gasteiger partial charge in [-0.15, -0.1) is 0 Å². The van der Waals surface area contributed by atoms with Crippen LogP contribution >= 0.6 is 0 Å². The standard InChI is InChI=1S/C62H42N4O2/c1-64-58-51(38-63)59(65(45-34-30-41(31-35-45)39-14-4-2-5-15-39)52-22-12-20-49-47-18-8-10-24-54(47)67-61(49)52)56-43-26-28-44(29-27-43)57(56)60(58)66(46-36-32-42(33-37-46)40-16-6-3-7-17-40)53-23-13-21-50-48-19-9-11-25-55(48)68-62(50)53/h2-25,30-37,43-44H,26-29H2. The molecule has 0 amide bonds. The van der Waals surface area contributed by atoms with Crippen LogP contribution in [0, 0.1) is 17.9 Å². The van der Waals surface area contributed by atoms with Gasteiger partial charge in [-0.1, -0.05) is 146 Å². The minimum absolute atomic E-state index is 0.154. The summed E-state index contributed by atoms with van der Waals surface area (Å²) in [7, 11) is 0. The highest BCUT2D eigenvalue weighted by molar-refractivity contribution is 6.13. The fourth-order valence-corrected chi connectivity index (χ4v) is 11.4. The maximum atomic E-state index is 11.9. The molecule has 68 heavy (non-hydrogen) atoms. The highest BCUT2D eigenvalue weighted by Gasteiger charge is 2.43. The molecule has 2 heterocycles.